The van der Waals surface area contributed by atoms with Crippen molar-refractivity contribution in [3.8, 4) is 5.88 Å². The molecule has 3 heterocycles. The molecule has 3 rings (SSSR count). The number of tetrazole rings is 1. The molecule has 0 spiro atoms. The quantitative estimate of drug-likeness (QED) is 0.853. The second kappa shape index (κ2) is 5.17. The standard InChI is InChI=1S/C11H15N7O/c1-19-9-4-5-12-11(13-9)18-6-2-3-8(7-18)10-14-16-17-15-10/h4-5,8H,2-3,6-7H2,1H3,(H,14,15,16,17). The van der Waals surface area contributed by atoms with Crippen LogP contribution in [0.15, 0.2) is 12.3 Å². The number of piperidine rings is 1. The molecule has 100 valence electrons. The summed E-state index contributed by atoms with van der Waals surface area (Å²) in [5, 5.41) is 14.2. The zero-order valence-corrected chi connectivity index (χ0v) is 10.7. The van der Waals surface area contributed by atoms with Gasteiger partial charge in [-0.2, -0.15) is 10.2 Å². The second-order valence-electron chi connectivity index (χ2n) is 4.45. The van der Waals surface area contributed by atoms with Gasteiger partial charge in [0.1, 0.15) is 0 Å². The van der Waals surface area contributed by atoms with Gasteiger partial charge in [-0.25, -0.2) is 4.98 Å². The molecule has 1 fully saturated rings. The zero-order chi connectivity index (χ0) is 13.1. The Hall–Kier alpha value is -2.25. The molecule has 19 heavy (non-hydrogen) atoms. The molecule has 0 saturated carbocycles. The molecule has 8 heteroatoms. The number of aromatic nitrogens is 6. The van der Waals surface area contributed by atoms with E-state index in [-0.39, 0.29) is 5.92 Å². The van der Waals surface area contributed by atoms with E-state index in [9.17, 15) is 0 Å². The number of anilines is 1. The van der Waals surface area contributed by atoms with Crippen LogP contribution in [0.3, 0.4) is 0 Å². The van der Waals surface area contributed by atoms with E-state index in [1.54, 1.807) is 19.4 Å². The Balaban J connectivity index is 1.77. The molecule has 1 unspecified atom stereocenters. The summed E-state index contributed by atoms with van der Waals surface area (Å²) in [6.07, 6.45) is 3.82. The van der Waals surface area contributed by atoms with E-state index < -0.39 is 0 Å². The topological polar surface area (TPSA) is 92.7 Å². The number of ether oxygens (including phenoxy) is 1. The Bertz CT molecular complexity index is 530. The molecule has 1 saturated heterocycles. The highest BCUT2D eigenvalue weighted by atomic mass is 16.5. The van der Waals surface area contributed by atoms with Crippen molar-refractivity contribution in [2.45, 2.75) is 18.8 Å². The summed E-state index contributed by atoms with van der Waals surface area (Å²) in [6.45, 7) is 1.73. The van der Waals surface area contributed by atoms with E-state index in [2.05, 4.69) is 35.5 Å². The fourth-order valence-electron chi connectivity index (χ4n) is 2.31. The monoisotopic (exact) mass is 261 g/mol. The lowest BCUT2D eigenvalue weighted by Gasteiger charge is -2.31. The Morgan fingerprint density at radius 3 is 3.21 bits per heavy atom. The molecular formula is C11H15N7O. The number of nitrogens with one attached hydrogen (secondary N) is 1. The van der Waals surface area contributed by atoms with Gasteiger partial charge in [0.2, 0.25) is 11.8 Å². The van der Waals surface area contributed by atoms with Gasteiger partial charge in [0.25, 0.3) is 0 Å². The lowest BCUT2D eigenvalue weighted by molar-refractivity contribution is 0.395. The number of nitrogens with zero attached hydrogens (tertiary/aromatic N) is 6. The number of hydrogen-bond donors (Lipinski definition) is 1. The zero-order valence-electron chi connectivity index (χ0n) is 10.7. The van der Waals surface area contributed by atoms with E-state index in [1.807, 2.05) is 0 Å². The number of hydrogen-bond acceptors (Lipinski definition) is 7. The third-order valence-electron chi connectivity index (χ3n) is 3.26. The Morgan fingerprint density at radius 2 is 2.42 bits per heavy atom. The van der Waals surface area contributed by atoms with Crippen LogP contribution in [0.1, 0.15) is 24.6 Å². The van der Waals surface area contributed by atoms with Crippen molar-refractivity contribution in [3.05, 3.63) is 18.1 Å². The summed E-state index contributed by atoms with van der Waals surface area (Å²) >= 11 is 0. The summed E-state index contributed by atoms with van der Waals surface area (Å²) in [7, 11) is 1.60. The highest BCUT2D eigenvalue weighted by molar-refractivity contribution is 5.33. The predicted molar refractivity (Wildman–Crippen MR) is 66.9 cm³/mol. The van der Waals surface area contributed by atoms with Gasteiger partial charge >= 0.3 is 0 Å². The molecule has 0 radical (unpaired) electrons. The van der Waals surface area contributed by atoms with E-state index >= 15 is 0 Å². The molecule has 1 atom stereocenters. The van der Waals surface area contributed by atoms with Crippen LogP contribution in [0.2, 0.25) is 0 Å². The van der Waals surface area contributed by atoms with Gasteiger partial charge in [0.05, 0.1) is 7.11 Å². The van der Waals surface area contributed by atoms with Crippen LogP contribution in [-0.4, -0.2) is 50.8 Å². The minimum absolute atomic E-state index is 0.266. The van der Waals surface area contributed by atoms with Gasteiger partial charge in [-0.3, -0.25) is 0 Å². The molecule has 2 aromatic rings. The molecule has 1 aliphatic heterocycles. The van der Waals surface area contributed by atoms with E-state index in [0.29, 0.717) is 11.8 Å². The largest absolute Gasteiger partial charge is 0.481 e. The smallest absolute Gasteiger partial charge is 0.228 e. The molecule has 2 aromatic heterocycles. The molecule has 1 aliphatic rings. The minimum atomic E-state index is 0.266. The highest BCUT2D eigenvalue weighted by Crippen LogP contribution is 2.26. The molecule has 0 amide bonds. The third-order valence-corrected chi connectivity index (χ3v) is 3.26. The fraction of sp³-hybridized carbons (Fsp3) is 0.545. The van der Waals surface area contributed by atoms with Gasteiger partial charge in [-0.15, -0.1) is 10.2 Å². The summed E-state index contributed by atoms with van der Waals surface area (Å²) < 4.78 is 5.13. The molecule has 8 nitrogen and oxygen atoms in total. The normalized spacial score (nSPS) is 19.4. The number of H-pyrrole nitrogens is 1. The van der Waals surface area contributed by atoms with Gasteiger partial charge in [0, 0.05) is 31.3 Å². The predicted octanol–water partition coefficient (Wildman–Crippen LogP) is 0.382. The van der Waals surface area contributed by atoms with Crippen LogP contribution in [0, 0.1) is 0 Å². The first-order valence-electron chi connectivity index (χ1n) is 6.22. The summed E-state index contributed by atoms with van der Waals surface area (Å²) in [5.41, 5.74) is 0. The lowest BCUT2D eigenvalue weighted by Crippen LogP contribution is -2.36. The van der Waals surface area contributed by atoms with Crippen LogP contribution in [0.5, 0.6) is 5.88 Å². The van der Waals surface area contributed by atoms with Crippen molar-refractivity contribution in [2.75, 3.05) is 25.1 Å². The van der Waals surface area contributed by atoms with Crippen molar-refractivity contribution in [1.29, 1.82) is 0 Å². The van der Waals surface area contributed by atoms with Crippen LogP contribution >= 0.6 is 0 Å². The maximum absolute atomic E-state index is 5.13. The van der Waals surface area contributed by atoms with Crippen molar-refractivity contribution in [3.63, 3.8) is 0 Å². The molecule has 0 aliphatic carbocycles. The van der Waals surface area contributed by atoms with E-state index in [0.717, 1.165) is 31.8 Å². The molecular weight excluding hydrogens is 246 g/mol. The first-order valence-corrected chi connectivity index (χ1v) is 6.22. The summed E-state index contributed by atoms with van der Waals surface area (Å²) in [5.74, 6) is 2.29. The second-order valence-corrected chi connectivity index (χ2v) is 4.45. The van der Waals surface area contributed by atoms with Crippen molar-refractivity contribution in [1.82, 2.24) is 30.6 Å². The maximum Gasteiger partial charge on any atom is 0.228 e. The van der Waals surface area contributed by atoms with Crippen LogP contribution in [0.25, 0.3) is 0 Å². The average Bonchev–Trinajstić information content (AvgIpc) is 3.02. The van der Waals surface area contributed by atoms with Crippen LogP contribution in [0.4, 0.5) is 5.95 Å². The van der Waals surface area contributed by atoms with Gasteiger partial charge in [-0.05, 0) is 12.8 Å². The van der Waals surface area contributed by atoms with E-state index in [1.165, 1.54) is 0 Å². The number of rotatable bonds is 3. The number of aromatic amines is 1. The van der Waals surface area contributed by atoms with Gasteiger partial charge in [-0.1, -0.05) is 5.21 Å². The molecule has 0 aromatic carbocycles. The lowest BCUT2D eigenvalue weighted by atomic mass is 9.98. The van der Waals surface area contributed by atoms with Gasteiger partial charge < -0.3 is 9.64 Å². The Morgan fingerprint density at radius 1 is 1.47 bits per heavy atom. The maximum atomic E-state index is 5.13. The van der Waals surface area contributed by atoms with E-state index in [4.69, 9.17) is 4.74 Å². The SMILES string of the molecule is COc1ccnc(N2CCCC(c3nn[nH]n3)C2)n1. The molecule has 1 N–H and O–H groups in total. The highest BCUT2D eigenvalue weighted by Gasteiger charge is 2.25. The fourth-order valence-corrected chi connectivity index (χ4v) is 2.31. The first kappa shape index (κ1) is 11.8. The van der Waals surface area contributed by atoms with Crippen LogP contribution < -0.4 is 9.64 Å². The Kier molecular flexibility index (Phi) is 3.21. The minimum Gasteiger partial charge on any atom is -0.481 e. The summed E-state index contributed by atoms with van der Waals surface area (Å²) in [6, 6.07) is 1.74. The first-order chi connectivity index (χ1) is 9.36. The van der Waals surface area contributed by atoms with Crippen molar-refractivity contribution >= 4 is 5.95 Å². The third kappa shape index (κ3) is 2.47. The Labute approximate surface area is 110 Å². The van der Waals surface area contributed by atoms with Gasteiger partial charge in [0.15, 0.2) is 5.82 Å². The average molecular weight is 261 g/mol. The molecule has 0 bridgehead atoms. The van der Waals surface area contributed by atoms with Crippen molar-refractivity contribution < 1.29 is 4.74 Å². The number of methoxy groups -OCH3 is 1. The summed E-state index contributed by atoms with van der Waals surface area (Å²) in [4.78, 5) is 10.8. The van der Waals surface area contributed by atoms with Crippen LogP contribution in [-0.2, 0) is 0 Å². The van der Waals surface area contributed by atoms with Crippen molar-refractivity contribution in [2.24, 2.45) is 0 Å².